The number of nitrogens with one attached hydrogen (secondary N) is 3. The molecule has 3 N–H and O–H groups in total. The molecule has 0 aliphatic carbocycles. The number of hydrogen-bond acceptors (Lipinski definition) is 5. The van der Waals surface area contributed by atoms with Gasteiger partial charge in [0.2, 0.25) is 0 Å². The average Bonchev–Trinajstić information content (AvgIpc) is 2.65. The van der Waals surface area contributed by atoms with E-state index in [9.17, 15) is 4.79 Å². The van der Waals surface area contributed by atoms with Crippen molar-refractivity contribution in [3.8, 4) is 5.75 Å². The third kappa shape index (κ3) is 14.3. The second-order valence-electron chi connectivity index (χ2n) is 7.39. The van der Waals surface area contributed by atoms with Crippen LogP contribution in [-0.4, -0.2) is 57.6 Å². The van der Waals surface area contributed by atoms with Crippen LogP contribution in [0.3, 0.4) is 0 Å². The van der Waals surface area contributed by atoms with Gasteiger partial charge in [0.05, 0.1) is 13.2 Å². The number of amides is 1. The van der Waals surface area contributed by atoms with Gasteiger partial charge in [0.25, 0.3) is 0 Å². The monoisotopic (exact) mass is 536 g/mol. The Hall–Kier alpha value is -1.75. The van der Waals surface area contributed by atoms with Crippen LogP contribution < -0.4 is 20.7 Å². The number of aliphatic imine (C=N–C) groups is 1. The maximum atomic E-state index is 11.6. The highest BCUT2D eigenvalue weighted by molar-refractivity contribution is 14.0. The molecular weight excluding hydrogens is 499 g/mol. The molecule has 9 heteroatoms. The van der Waals surface area contributed by atoms with E-state index in [1.54, 1.807) is 7.11 Å². The van der Waals surface area contributed by atoms with Crippen molar-refractivity contribution in [1.29, 1.82) is 0 Å². The van der Waals surface area contributed by atoms with E-state index < -0.39 is 11.7 Å². The van der Waals surface area contributed by atoms with E-state index in [2.05, 4.69) is 20.9 Å². The van der Waals surface area contributed by atoms with Gasteiger partial charge in [-0.05, 0) is 51.8 Å². The topological polar surface area (TPSA) is 93.2 Å². The first kappa shape index (κ1) is 28.2. The van der Waals surface area contributed by atoms with E-state index in [0.717, 1.165) is 30.2 Å². The fraction of sp³-hybridized carbons (Fsp3) is 0.619. The maximum Gasteiger partial charge on any atom is 0.407 e. The summed E-state index contributed by atoms with van der Waals surface area (Å²) in [5.74, 6) is 1.56. The lowest BCUT2D eigenvalue weighted by Gasteiger charge is -2.19. The fourth-order valence-electron chi connectivity index (χ4n) is 2.25. The summed E-state index contributed by atoms with van der Waals surface area (Å²) in [6, 6.07) is 7.87. The van der Waals surface area contributed by atoms with Crippen LogP contribution in [0.2, 0.25) is 0 Å². The molecule has 0 aromatic heterocycles. The van der Waals surface area contributed by atoms with Crippen molar-refractivity contribution in [3.05, 3.63) is 29.8 Å². The Kier molecular flexibility index (Phi) is 15.1. The van der Waals surface area contributed by atoms with Crippen LogP contribution in [0.4, 0.5) is 4.79 Å². The van der Waals surface area contributed by atoms with Gasteiger partial charge in [-0.25, -0.2) is 9.79 Å². The fourth-order valence-corrected chi connectivity index (χ4v) is 2.25. The van der Waals surface area contributed by atoms with Crippen molar-refractivity contribution in [3.63, 3.8) is 0 Å². The summed E-state index contributed by atoms with van der Waals surface area (Å²) >= 11 is 0. The minimum Gasteiger partial charge on any atom is -0.491 e. The SMILES string of the molecule is CCNC(=NCc1ccc(OCCOC)cc1)NCCCNC(=O)OC(C)(C)C.I. The van der Waals surface area contributed by atoms with Crippen molar-refractivity contribution < 1.29 is 19.0 Å². The van der Waals surface area contributed by atoms with E-state index in [1.165, 1.54) is 0 Å². The Bertz CT molecular complexity index is 618. The first-order valence-electron chi connectivity index (χ1n) is 10.0. The highest BCUT2D eigenvalue weighted by Crippen LogP contribution is 2.12. The van der Waals surface area contributed by atoms with Gasteiger partial charge in [-0.2, -0.15) is 0 Å². The molecule has 172 valence electrons. The van der Waals surface area contributed by atoms with Crippen molar-refractivity contribution in [2.75, 3.05) is 40.0 Å². The maximum absolute atomic E-state index is 11.6. The van der Waals surface area contributed by atoms with Crippen molar-refractivity contribution in [2.24, 2.45) is 4.99 Å². The first-order chi connectivity index (χ1) is 13.8. The second kappa shape index (κ2) is 16.0. The third-order valence-electron chi connectivity index (χ3n) is 3.56. The molecular formula is C21H37IN4O4. The number of carbonyl (C=O) groups is 1. The third-order valence-corrected chi connectivity index (χ3v) is 3.56. The Morgan fingerprint density at radius 1 is 1.03 bits per heavy atom. The molecule has 0 aliphatic heterocycles. The van der Waals surface area contributed by atoms with Crippen LogP contribution in [0.25, 0.3) is 0 Å². The number of alkyl carbamates (subject to hydrolysis) is 1. The van der Waals surface area contributed by atoms with Crippen LogP contribution in [0.1, 0.15) is 39.7 Å². The lowest BCUT2D eigenvalue weighted by molar-refractivity contribution is 0.0527. The summed E-state index contributed by atoms with van der Waals surface area (Å²) in [6.07, 6.45) is 0.365. The number of nitrogens with zero attached hydrogens (tertiary/aromatic N) is 1. The molecule has 1 rings (SSSR count). The largest absolute Gasteiger partial charge is 0.491 e. The van der Waals surface area contributed by atoms with Crippen molar-refractivity contribution in [1.82, 2.24) is 16.0 Å². The summed E-state index contributed by atoms with van der Waals surface area (Å²) in [6.45, 7) is 11.2. The Morgan fingerprint density at radius 3 is 2.30 bits per heavy atom. The van der Waals surface area contributed by atoms with Crippen LogP contribution in [0.15, 0.2) is 29.3 Å². The molecule has 8 nitrogen and oxygen atoms in total. The number of benzene rings is 1. The molecule has 30 heavy (non-hydrogen) atoms. The zero-order valence-corrected chi connectivity index (χ0v) is 21.1. The molecule has 0 fully saturated rings. The normalized spacial score (nSPS) is 11.3. The number of carbonyl (C=O) groups excluding carboxylic acids is 1. The molecule has 1 aromatic rings. The van der Waals surface area contributed by atoms with Gasteiger partial charge in [-0.15, -0.1) is 24.0 Å². The van der Waals surface area contributed by atoms with Gasteiger partial charge in [-0.1, -0.05) is 12.1 Å². The Labute approximate surface area is 197 Å². The van der Waals surface area contributed by atoms with Crippen LogP contribution in [-0.2, 0) is 16.0 Å². The molecule has 0 saturated heterocycles. The zero-order chi connectivity index (χ0) is 21.5. The molecule has 0 atom stereocenters. The molecule has 0 bridgehead atoms. The average molecular weight is 536 g/mol. The first-order valence-corrected chi connectivity index (χ1v) is 10.0. The highest BCUT2D eigenvalue weighted by Gasteiger charge is 2.15. The van der Waals surface area contributed by atoms with Gasteiger partial charge in [0.1, 0.15) is 18.0 Å². The van der Waals surface area contributed by atoms with Gasteiger partial charge in [0.15, 0.2) is 5.96 Å². The number of guanidine groups is 1. The number of methoxy groups -OCH3 is 1. The van der Waals surface area contributed by atoms with Crippen LogP contribution in [0.5, 0.6) is 5.75 Å². The van der Waals surface area contributed by atoms with E-state index in [-0.39, 0.29) is 24.0 Å². The zero-order valence-electron chi connectivity index (χ0n) is 18.7. The lowest BCUT2D eigenvalue weighted by atomic mass is 10.2. The number of rotatable bonds is 11. The predicted octanol–water partition coefficient (Wildman–Crippen LogP) is 3.30. The number of hydrogen-bond donors (Lipinski definition) is 3. The Morgan fingerprint density at radius 2 is 1.70 bits per heavy atom. The Balaban J connectivity index is 0.00000841. The van der Waals surface area contributed by atoms with E-state index in [1.807, 2.05) is 52.0 Å². The van der Waals surface area contributed by atoms with Crippen molar-refractivity contribution in [2.45, 2.75) is 46.3 Å². The van der Waals surface area contributed by atoms with Gasteiger partial charge in [0, 0.05) is 26.7 Å². The van der Waals surface area contributed by atoms with Crippen LogP contribution in [0, 0.1) is 0 Å². The summed E-state index contributed by atoms with van der Waals surface area (Å²) in [5.41, 5.74) is 0.606. The minimum absolute atomic E-state index is 0. The predicted molar refractivity (Wildman–Crippen MR) is 131 cm³/mol. The highest BCUT2D eigenvalue weighted by atomic mass is 127. The molecule has 0 aliphatic rings. The van der Waals surface area contributed by atoms with Crippen LogP contribution >= 0.6 is 24.0 Å². The molecule has 0 unspecified atom stereocenters. The molecule has 0 spiro atoms. The van der Waals surface area contributed by atoms with Crippen molar-refractivity contribution >= 4 is 36.0 Å². The summed E-state index contributed by atoms with van der Waals surface area (Å²) in [5, 5.41) is 9.23. The quantitative estimate of drug-likeness (QED) is 0.174. The smallest absolute Gasteiger partial charge is 0.407 e. The van der Waals surface area contributed by atoms with Gasteiger partial charge >= 0.3 is 6.09 Å². The molecule has 0 heterocycles. The summed E-state index contributed by atoms with van der Waals surface area (Å²) < 4.78 is 15.7. The standard InChI is InChI=1S/C21H36N4O4.HI/c1-6-22-19(23-12-7-13-24-20(26)29-21(2,3)4)25-16-17-8-10-18(11-9-17)28-15-14-27-5;/h8-11H,6-7,12-16H2,1-5H3,(H,24,26)(H2,22,23,25);1H. The second-order valence-corrected chi connectivity index (χ2v) is 7.39. The van der Waals surface area contributed by atoms with Gasteiger partial charge in [-0.3, -0.25) is 0 Å². The van der Waals surface area contributed by atoms with E-state index >= 15 is 0 Å². The molecule has 0 saturated carbocycles. The van der Waals surface area contributed by atoms with E-state index in [0.29, 0.717) is 32.8 Å². The molecule has 1 aromatic carbocycles. The number of halogens is 1. The van der Waals surface area contributed by atoms with E-state index in [4.69, 9.17) is 14.2 Å². The van der Waals surface area contributed by atoms with Gasteiger partial charge < -0.3 is 30.2 Å². The molecule has 0 radical (unpaired) electrons. The lowest BCUT2D eigenvalue weighted by Crippen LogP contribution is -2.39. The number of ether oxygens (including phenoxy) is 3. The summed E-state index contributed by atoms with van der Waals surface area (Å²) in [4.78, 5) is 16.2. The summed E-state index contributed by atoms with van der Waals surface area (Å²) in [7, 11) is 1.65. The minimum atomic E-state index is -0.485. The molecule has 1 amide bonds.